The zero-order chi connectivity index (χ0) is 14.9. The molecule has 0 aliphatic rings. The second-order valence-corrected chi connectivity index (χ2v) is 5.48. The molecule has 7 heteroatoms. The summed E-state index contributed by atoms with van der Waals surface area (Å²) in [7, 11) is 0. The highest BCUT2D eigenvalue weighted by molar-refractivity contribution is 14.0. The highest BCUT2D eigenvalue weighted by Crippen LogP contribution is 2.10. The summed E-state index contributed by atoms with van der Waals surface area (Å²) in [6.45, 7) is 6.38. The molecule has 5 nitrogen and oxygen atoms in total. The van der Waals surface area contributed by atoms with Crippen LogP contribution in [-0.4, -0.2) is 24.0 Å². The van der Waals surface area contributed by atoms with E-state index in [2.05, 4.69) is 39.8 Å². The highest BCUT2D eigenvalue weighted by atomic mass is 127. The molecule has 0 radical (unpaired) electrons. The van der Waals surface area contributed by atoms with Crippen molar-refractivity contribution in [3.8, 4) is 0 Å². The van der Waals surface area contributed by atoms with Crippen LogP contribution in [0.5, 0.6) is 0 Å². The Balaban J connectivity index is 0.00000242. The monoisotopic (exact) mass is 434 g/mol. The molecule has 0 aliphatic heterocycles. The summed E-state index contributed by atoms with van der Waals surface area (Å²) in [5.74, 6) is 1.67. The Morgan fingerprint density at radius 2 is 2.23 bits per heavy atom. The predicted molar refractivity (Wildman–Crippen MR) is 102 cm³/mol. The number of furan rings is 1. The highest BCUT2D eigenvalue weighted by Gasteiger charge is 2.02. The molecule has 0 bridgehead atoms. The van der Waals surface area contributed by atoms with Gasteiger partial charge in [0.2, 0.25) is 0 Å². The summed E-state index contributed by atoms with van der Waals surface area (Å²) in [6, 6.07) is 3.80. The molecule has 22 heavy (non-hydrogen) atoms. The lowest BCUT2D eigenvalue weighted by Gasteiger charge is -2.10. The number of aliphatic imine (C=N–C) groups is 1. The van der Waals surface area contributed by atoms with Crippen molar-refractivity contribution < 1.29 is 4.42 Å². The quantitative estimate of drug-likeness (QED) is 0.399. The first-order valence-electron chi connectivity index (χ1n) is 7.29. The molecule has 0 amide bonds. The van der Waals surface area contributed by atoms with E-state index in [4.69, 9.17) is 4.42 Å². The van der Waals surface area contributed by atoms with Crippen molar-refractivity contribution >= 4 is 41.3 Å². The van der Waals surface area contributed by atoms with E-state index >= 15 is 0 Å². The van der Waals surface area contributed by atoms with Crippen molar-refractivity contribution in [2.24, 2.45) is 4.99 Å². The van der Waals surface area contributed by atoms with Gasteiger partial charge in [0.05, 0.1) is 17.0 Å². The summed E-state index contributed by atoms with van der Waals surface area (Å²) < 4.78 is 5.28. The molecule has 0 atom stereocenters. The lowest BCUT2D eigenvalue weighted by Crippen LogP contribution is -2.38. The number of nitrogens with zero attached hydrogens (tertiary/aromatic N) is 2. The summed E-state index contributed by atoms with van der Waals surface area (Å²) in [6.07, 6.45) is 3.58. The fourth-order valence-corrected chi connectivity index (χ4v) is 2.62. The lowest BCUT2D eigenvalue weighted by atomic mass is 10.3. The molecule has 2 heterocycles. The van der Waals surface area contributed by atoms with Crippen LogP contribution in [0, 0.1) is 0 Å². The smallest absolute Gasteiger partial charge is 0.191 e. The minimum Gasteiger partial charge on any atom is -0.467 e. The predicted octanol–water partition coefficient (Wildman–Crippen LogP) is 3.21. The van der Waals surface area contributed by atoms with Gasteiger partial charge in [0.25, 0.3) is 0 Å². The first kappa shape index (κ1) is 19.0. The fourth-order valence-electron chi connectivity index (χ4n) is 1.84. The molecular weight excluding hydrogens is 411 g/mol. The van der Waals surface area contributed by atoms with Gasteiger partial charge in [-0.2, -0.15) is 0 Å². The fraction of sp³-hybridized carbons (Fsp3) is 0.467. The molecule has 0 saturated heterocycles. The molecule has 0 unspecified atom stereocenters. The van der Waals surface area contributed by atoms with E-state index in [1.54, 1.807) is 17.6 Å². The van der Waals surface area contributed by atoms with Gasteiger partial charge in [-0.25, -0.2) is 9.98 Å². The molecule has 122 valence electrons. The number of hydrogen-bond donors (Lipinski definition) is 2. The SMILES string of the molecule is CCNC(=NCc1ccco1)NCCc1csc(CC)n1.I. The maximum Gasteiger partial charge on any atom is 0.191 e. The lowest BCUT2D eigenvalue weighted by molar-refractivity contribution is 0.512. The van der Waals surface area contributed by atoms with Crippen molar-refractivity contribution in [1.82, 2.24) is 15.6 Å². The number of aryl methyl sites for hydroxylation is 1. The van der Waals surface area contributed by atoms with Crippen molar-refractivity contribution in [2.45, 2.75) is 33.2 Å². The van der Waals surface area contributed by atoms with Crippen LogP contribution in [0.4, 0.5) is 0 Å². The van der Waals surface area contributed by atoms with Crippen molar-refractivity contribution in [2.75, 3.05) is 13.1 Å². The van der Waals surface area contributed by atoms with Gasteiger partial charge in [-0.1, -0.05) is 6.92 Å². The van der Waals surface area contributed by atoms with Crippen LogP contribution in [0.2, 0.25) is 0 Å². The van der Waals surface area contributed by atoms with E-state index in [1.165, 1.54) is 5.01 Å². The second-order valence-electron chi connectivity index (χ2n) is 4.54. The Hall–Kier alpha value is -1.09. The van der Waals surface area contributed by atoms with Gasteiger partial charge < -0.3 is 15.1 Å². The Labute approximate surface area is 152 Å². The number of rotatable bonds is 7. The largest absolute Gasteiger partial charge is 0.467 e. The van der Waals surface area contributed by atoms with Gasteiger partial charge >= 0.3 is 0 Å². The molecular formula is C15H23IN4OS. The topological polar surface area (TPSA) is 62.5 Å². The van der Waals surface area contributed by atoms with E-state index < -0.39 is 0 Å². The van der Waals surface area contributed by atoms with E-state index in [-0.39, 0.29) is 24.0 Å². The number of aromatic nitrogens is 1. The minimum atomic E-state index is 0. The number of hydrogen-bond acceptors (Lipinski definition) is 4. The Morgan fingerprint density at radius 1 is 1.36 bits per heavy atom. The molecule has 2 aromatic rings. The second kappa shape index (κ2) is 10.6. The number of halogens is 1. The van der Waals surface area contributed by atoms with Crippen molar-refractivity contribution in [3.05, 3.63) is 40.2 Å². The molecule has 2 N–H and O–H groups in total. The maximum atomic E-state index is 5.28. The molecule has 0 saturated carbocycles. The molecule has 2 aromatic heterocycles. The molecule has 2 rings (SSSR count). The first-order chi connectivity index (χ1) is 10.3. The third-order valence-corrected chi connectivity index (χ3v) is 3.93. The van der Waals surface area contributed by atoms with Crippen LogP contribution in [-0.2, 0) is 19.4 Å². The van der Waals surface area contributed by atoms with E-state index in [0.29, 0.717) is 6.54 Å². The maximum absolute atomic E-state index is 5.28. The van der Waals surface area contributed by atoms with Crippen LogP contribution >= 0.6 is 35.3 Å². The standard InChI is InChI=1S/C15H22N4OS.HI/c1-3-14-19-12(11-21-14)7-8-17-15(16-4-2)18-10-13-6-5-9-20-13;/h5-6,9,11H,3-4,7-8,10H2,1-2H3,(H2,16,17,18);1H. The zero-order valence-electron chi connectivity index (χ0n) is 13.0. The Morgan fingerprint density at radius 3 is 2.86 bits per heavy atom. The van der Waals surface area contributed by atoms with Gasteiger partial charge in [-0.05, 0) is 25.5 Å². The number of nitrogens with one attached hydrogen (secondary N) is 2. The van der Waals surface area contributed by atoms with E-state index in [1.807, 2.05) is 12.1 Å². The van der Waals surface area contributed by atoms with Gasteiger partial charge in [0, 0.05) is 24.9 Å². The molecule has 0 aromatic carbocycles. The summed E-state index contributed by atoms with van der Waals surface area (Å²) in [4.78, 5) is 9.05. The number of guanidine groups is 1. The van der Waals surface area contributed by atoms with Crippen LogP contribution in [0.15, 0.2) is 33.2 Å². The van der Waals surface area contributed by atoms with Gasteiger partial charge in [-0.15, -0.1) is 35.3 Å². The minimum absolute atomic E-state index is 0. The Bertz CT molecular complexity index is 554. The summed E-state index contributed by atoms with van der Waals surface area (Å²) in [5.41, 5.74) is 1.14. The molecule has 0 spiro atoms. The van der Waals surface area contributed by atoms with Gasteiger partial charge in [0.15, 0.2) is 5.96 Å². The molecule has 0 aliphatic carbocycles. The normalized spacial score (nSPS) is 11.1. The van der Waals surface area contributed by atoms with Crippen LogP contribution in [0.1, 0.15) is 30.3 Å². The molecule has 0 fully saturated rings. The summed E-state index contributed by atoms with van der Waals surface area (Å²) in [5, 5.41) is 9.88. The van der Waals surface area contributed by atoms with E-state index in [9.17, 15) is 0 Å². The van der Waals surface area contributed by atoms with Crippen molar-refractivity contribution in [1.29, 1.82) is 0 Å². The zero-order valence-corrected chi connectivity index (χ0v) is 16.1. The van der Waals surface area contributed by atoms with Gasteiger partial charge in [0.1, 0.15) is 12.3 Å². The van der Waals surface area contributed by atoms with Gasteiger partial charge in [-0.3, -0.25) is 0 Å². The third kappa shape index (κ3) is 6.35. The van der Waals surface area contributed by atoms with Crippen molar-refractivity contribution in [3.63, 3.8) is 0 Å². The number of thiazole rings is 1. The third-order valence-electron chi connectivity index (χ3n) is 2.89. The van der Waals surface area contributed by atoms with Crippen LogP contribution in [0.25, 0.3) is 0 Å². The van der Waals surface area contributed by atoms with Crippen LogP contribution in [0.3, 0.4) is 0 Å². The summed E-state index contributed by atoms with van der Waals surface area (Å²) >= 11 is 1.73. The van der Waals surface area contributed by atoms with Crippen LogP contribution < -0.4 is 10.6 Å². The first-order valence-corrected chi connectivity index (χ1v) is 8.17. The average Bonchev–Trinajstić information content (AvgIpc) is 3.16. The van der Waals surface area contributed by atoms with E-state index in [0.717, 1.165) is 43.3 Å². The Kier molecular flexibility index (Phi) is 9.14. The average molecular weight is 434 g/mol.